The van der Waals surface area contributed by atoms with Crippen molar-refractivity contribution in [3.63, 3.8) is 0 Å². The molecule has 0 bridgehead atoms. The van der Waals surface area contributed by atoms with Crippen molar-refractivity contribution >= 4 is 0 Å². The molecule has 132 valence electrons. The molecule has 0 unspecified atom stereocenters. The Hall–Kier alpha value is 4.32. The average Bonchev–Trinajstić information content (AvgIpc) is 2.46. The van der Waals surface area contributed by atoms with Crippen molar-refractivity contribution in [3.8, 4) is 17.2 Å². The van der Waals surface area contributed by atoms with E-state index in [1.54, 1.807) is 13.8 Å². The van der Waals surface area contributed by atoms with Gasteiger partial charge < -0.3 is 25.3 Å². The van der Waals surface area contributed by atoms with Gasteiger partial charge in [0, 0.05) is 28.5 Å². The Bertz CT molecular complexity index is 784. The zero-order valence-corrected chi connectivity index (χ0v) is 37.5. The van der Waals surface area contributed by atoms with Crippen LogP contribution in [0.5, 0.6) is 17.2 Å². The predicted octanol–water partition coefficient (Wildman–Crippen LogP) is -12.1. The van der Waals surface area contributed by atoms with Gasteiger partial charge in [-0.15, -0.1) is 5.75 Å². The smallest absolute Gasteiger partial charge is 0.873 e. The van der Waals surface area contributed by atoms with Crippen LogP contribution >= 0.6 is 0 Å². The number of hydrogen-bond acceptors (Lipinski definition) is 6. The fourth-order valence-electron chi connectivity index (χ4n) is 1.89. The molecule has 0 radical (unpaired) electrons. The molecule has 2 heterocycles. The van der Waals surface area contributed by atoms with Crippen LogP contribution in [0.4, 0.5) is 0 Å². The fraction of sp³-hybridized carbons (Fsp3) is 0.375. The summed E-state index contributed by atoms with van der Waals surface area (Å²) < 4.78 is 1.16. The van der Waals surface area contributed by atoms with Gasteiger partial charge in [-0.05, 0) is 23.6 Å². The van der Waals surface area contributed by atoms with Gasteiger partial charge in [0.2, 0.25) is 11.9 Å². The van der Waals surface area contributed by atoms with E-state index in [0.29, 0.717) is 20.8 Å². The van der Waals surface area contributed by atoms with Gasteiger partial charge in [-0.3, -0.25) is 10.0 Å². The minimum Gasteiger partial charge on any atom is -0.873 e. The van der Waals surface area contributed by atoms with Crippen LogP contribution < -0.4 is 258 Å². The van der Waals surface area contributed by atoms with Crippen LogP contribution in [0.15, 0.2) is 29.3 Å². The first-order chi connectivity index (χ1) is 11.0. The quantitative estimate of drug-likeness (QED) is 0.248. The summed E-state index contributed by atoms with van der Waals surface area (Å²) in [5.74, 6) is -2.06. The SMILES string of the molecule is CC(C)c1cc(=O)c([O-])cn1[O-].CC(C)c1cc([O-])c([O-])c[n+]1O.[Rb+].[Rb+].[Rb+].[Rb+]. The first kappa shape index (κ1) is 39.5. The Balaban J connectivity index is -0.000000180. The van der Waals surface area contributed by atoms with Gasteiger partial charge in [0.25, 0.3) is 0 Å². The fourth-order valence-corrected chi connectivity index (χ4v) is 1.89. The van der Waals surface area contributed by atoms with Crippen molar-refractivity contribution in [1.29, 1.82) is 0 Å². The topological polar surface area (TPSA) is 138 Å². The third-order valence-corrected chi connectivity index (χ3v) is 3.22. The first-order valence-electron chi connectivity index (χ1n) is 7.28. The number of rotatable bonds is 2. The summed E-state index contributed by atoms with van der Waals surface area (Å²) >= 11 is 0. The summed E-state index contributed by atoms with van der Waals surface area (Å²) in [4.78, 5) is 10.8. The minimum atomic E-state index is -0.755. The van der Waals surface area contributed by atoms with Crippen LogP contribution in [0, 0.1) is 5.21 Å². The molecule has 0 saturated carbocycles. The molecule has 2 rings (SSSR count). The second-order valence-electron chi connectivity index (χ2n) is 5.83. The molecule has 0 amide bonds. The van der Waals surface area contributed by atoms with E-state index in [-0.39, 0.29) is 245 Å². The van der Waals surface area contributed by atoms with Crippen LogP contribution in [0.25, 0.3) is 0 Å². The van der Waals surface area contributed by atoms with Gasteiger partial charge in [-0.1, -0.05) is 27.7 Å². The Morgan fingerprint density at radius 2 is 1.39 bits per heavy atom. The van der Waals surface area contributed by atoms with Gasteiger partial charge in [-0.25, -0.2) is 0 Å². The zero-order chi connectivity index (χ0) is 18.6. The molecule has 0 aliphatic carbocycles. The Morgan fingerprint density at radius 1 is 0.893 bits per heavy atom. The number of aromatic nitrogens is 2. The Kier molecular flexibility index (Phi) is 27.7. The third-order valence-electron chi connectivity index (χ3n) is 3.22. The van der Waals surface area contributed by atoms with Crippen molar-refractivity contribution in [1.82, 2.24) is 4.73 Å². The van der Waals surface area contributed by atoms with Crippen molar-refractivity contribution < 1.29 is 258 Å². The molecular formula is C16H19N2O6Rb4+. The maximum absolute atomic E-state index is 11.0. The minimum absolute atomic E-state index is 0. The monoisotopic (exact) mass is 675 g/mol. The summed E-state index contributed by atoms with van der Waals surface area (Å²) in [6.07, 6.45) is 1.66. The maximum Gasteiger partial charge on any atom is 1.00 e. The molecule has 12 heteroatoms. The standard InChI is InChI=1S/C8H11NO3.C8H10NO3.4Rb/c2*1-5(2)6-3-7(10)8(11)4-9(6)12;;;;/h3-5,11-12H,1-2H3;3-5,11H,1-2H3;;;;/q;-1;4*+1/p-2. The molecule has 0 aliphatic rings. The van der Waals surface area contributed by atoms with Crippen LogP contribution in [0.3, 0.4) is 0 Å². The molecule has 0 aliphatic heterocycles. The van der Waals surface area contributed by atoms with E-state index < -0.39 is 22.7 Å². The van der Waals surface area contributed by atoms with Gasteiger partial charge in [0.05, 0.1) is 0 Å². The van der Waals surface area contributed by atoms with E-state index >= 15 is 0 Å². The second kappa shape index (κ2) is 19.6. The van der Waals surface area contributed by atoms with Gasteiger partial charge in [0.15, 0.2) is 5.43 Å². The van der Waals surface area contributed by atoms with E-state index in [4.69, 9.17) is 5.21 Å². The van der Waals surface area contributed by atoms with Gasteiger partial charge in [0.1, 0.15) is 0 Å². The molecule has 1 N–H and O–H groups in total. The van der Waals surface area contributed by atoms with Crippen molar-refractivity contribution in [2.75, 3.05) is 0 Å². The number of pyridine rings is 2. The molecule has 0 saturated heterocycles. The Labute approximate surface area is 360 Å². The van der Waals surface area contributed by atoms with Crippen LogP contribution in [-0.4, -0.2) is 9.94 Å². The van der Waals surface area contributed by atoms with E-state index in [2.05, 4.69) is 0 Å². The van der Waals surface area contributed by atoms with E-state index in [1.807, 2.05) is 13.8 Å². The number of hydrogen-bond donors (Lipinski definition) is 1. The predicted molar refractivity (Wildman–Crippen MR) is 79.8 cm³/mol. The van der Waals surface area contributed by atoms with Crippen molar-refractivity contribution in [2.24, 2.45) is 0 Å². The van der Waals surface area contributed by atoms with Crippen LogP contribution in [-0.2, 0) is 0 Å². The molecule has 0 atom stereocenters. The molecule has 0 spiro atoms. The molecular weight excluding hydrogens is 658 g/mol. The normalized spacial score (nSPS) is 9.07. The van der Waals surface area contributed by atoms with E-state index in [0.717, 1.165) is 24.5 Å². The first-order valence-corrected chi connectivity index (χ1v) is 7.28. The summed E-state index contributed by atoms with van der Waals surface area (Å²) in [6, 6.07) is 2.26. The summed E-state index contributed by atoms with van der Waals surface area (Å²) in [5, 5.41) is 52.4. The van der Waals surface area contributed by atoms with Gasteiger partial charge in [-0.2, -0.15) is 0 Å². The zero-order valence-electron chi connectivity index (χ0n) is 17.8. The molecule has 0 fully saturated rings. The number of nitrogens with zero attached hydrogens (tertiary/aromatic N) is 2. The summed E-state index contributed by atoms with van der Waals surface area (Å²) in [6.45, 7) is 7.22. The average molecular weight is 677 g/mol. The van der Waals surface area contributed by atoms with Gasteiger partial charge >= 0.3 is 233 Å². The maximum atomic E-state index is 11.0. The molecule has 2 aromatic heterocycles. The molecule has 0 aromatic carbocycles. The molecule has 8 nitrogen and oxygen atoms in total. The molecule has 28 heavy (non-hydrogen) atoms. The summed E-state index contributed by atoms with van der Waals surface area (Å²) in [7, 11) is 0. The van der Waals surface area contributed by atoms with E-state index in [9.17, 15) is 25.3 Å². The van der Waals surface area contributed by atoms with E-state index in [1.165, 1.54) is 0 Å². The van der Waals surface area contributed by atoms with Crippen molar-refractivity contribution in [2.45, 2.75) is 39.5 Å². The van der Waals surface area contributed by atoms with Crippen molar-refractivity contribution in [3.05, 3.63) is 51.3 Å². The molecule has 2 aromatic rings. The Morgan fingerprint density at radius 3 is 1.82 bits per heavy atom. The van der Waals surface area contributed by atoms with Crippen LogP contribution in [0.2, 0.25) is 0 Å². The second-order valence-corrected chi connectivity index (χ2v) is 5.83. The van der Waals surface area contributed by atoms with Crippen LogP contribution in [0.1, 0.15) is 50.9 Å². The summed E-state index contributed by atoms with van der Waals surface area (Å²) in [5.41, 5.74) is 0.157. The third kappa shape index (κ3) is 13.3. The largest absolute Gasteiger partial charge is 1.00 e.